The van der Waals surface area contributed by atoms with E-state index in [4.69, 9.17) is 11.6 Å². The minimum Gasteiger partial charge on any atom is -0.315 e. The van der Waals surface area contributed by atoms with Crippen molar-refractivity contribution in [1.29, 1.82) is 0 Å². The molecule has 0 aliphatic carbocycles. The van der Waals surface area contributed by atoms with Crippen molar-refractivity contribution >= 4 is 11.6 Å². The summed E-state index contributed by atoms with van der Waals surface area (Å²) in [5.74, 6) is 0.841. The Labute approximate surface area is 122 Å². The van der Waals surface area contributed by atoms with E-state index in [0.29, 0.717) is 6.04 Å². The molecule has 2 nitrogen and oxygen atoms in total. The lowest BCUT2D eigenvalue weighted by Gasteiger charge is -2.19. The van der Waals surface area contributed by atoms with Crippen LogP contribution >= 0.6 is 11.6 Å². The second kappa shape index (κ2) is 7.28. The summed E-state index contributed by atoms with van der Waals surface area (Å²) in [5, 5.41) is 4.35. The molecule has 1 fully saturated rings. The van der Waals surface area contributed by atoms with Crippen LogP contribution in [-0.2, 0) is 6.54 Å². The summed E-state index contributed by atoms with van der Waals surface area (Å²) in [6.45, 7) is 9.02. The second-order valence-electron chi connectivity index (χ2n) is 5.71. The first-order chi connectivity index (χ1) is 9.17. The maximum Gasteiger partial charge on any atom is 0.0409 e. The van der Waals surface area contributed by atoms with Gasteiger partial charge in [-0.25, -0.2) is 0 Å². The monoisotopic (exact) mass is 280 g/mol. The van der Waals surface area contributed by atoms with Gasteiger partial charge in [0.25, 0.3) is 0 Å². The molecule has 106 valence electrons. The molecule has 1 heterocycles. The highest BCUT2D eigenvalue weighted by molar-refractivity contribution is 6.30. The molecule has 1 N–H and O–H groups in total. The number of hydrogen-bond acceptors (Lipinski definition) is 2. The van der Waals surface area contributed by atoms with Crippen molar-refractivity contribution < 1.29 is 0 Å². The summed E-state index contributed by atoms with van der Waals surface area (Å²) in [4.78, 5) is 2.55. The van der Waals surface area contributed by atoms with Crippen LogP contribution in [0.5, 0.6) is 0 Å². The molecule has 3 heteroatoms. The van der Waals surface area contributed by atoms with Crippen LogP contribution in [0.2, 0.25) is 5.02 Å². The Morgan fingerprint density at radius 1 is 1.47 bits per heavy atom. The lowest BCUT2D eigenvalue weighted by atomic mass is 10.0. The van der Waals surface area contributed by atoms with E-state index in [9.17, 15) is 0 Å². The molecule has 2 rings (SSSR count). The molecule has 1 saturated heterocycles. The number of halogens is 1. The van der Waals surface area contributed by atoms with Gasteiger partial charge in [-0.3, -0.25) is 4.90 Å². The molecule has 0 bridgehead atoms. The van der Waals surface area contributed by atoms with Crippen LogP contribution < -0.4 is 5.32 Å². The van der Waals surface area contributed by atoms with Gasteiger partial charge in [-0.2, -0.15) is 0 Å². The van der Waals surface area contributed by atoms with E-state index in [1.54, 1.807) is 0 Å². The fourth-order valence-electron chi connectivity index (χ4n) is 3.07. The molecule has 2 atom stereocenters. The molecular formula is C16H25ClN2. The first-order valence-corrected chi connectivity index (χ1v) is 7.75. The van der Waals surface area contributed by atoms with Gasteiger partial charge in [0, 0.05) is 24.2 Å². The summed E-state index contributed by atoms with van der Waals surface area (Å²) < 4.78 is 0. The third-order valence-corrected chi connectivity index (χ3v) is 4.14. The Balaban J connectivity index is 1.79. The third-order valence-electron chi connectivity index (χ3n) is 3.90. The number of hydrogen-bond donors (Lipinski definition) is 1. The first-order valence-electron chi connectivity index (χ1n) is 7.37. The van der Waals surface area contributed by atoms with Crippen LogP contribution in [0.1, 0.15) is 32.3 Å². The number of nitrogens with zero attached hydrogens (tertiary/aromatic N) is 1. The molecule has 0 saturated carbocycles. The lowest BCUT2D eigenvalue weighted by Crippen LogP contribution is -2.29. The molecule has 0 aromatic heterocycles. The van der Waals surface area contributed by atoms with Crippen molar-refractivity contribution in [3.05, 3.63) is 34.9 Å². The Bertz CT molecular complexity index is 394. The van der Waals surface area contributed by atoms with E-state index in [1.165, 1.54) is 31.5 Å². The lowest BCUT2D eigenvalue weighted by molar-refractivity contribution is 0.306. The summed E-state index contributed by atoms with van der Waals surface area (Å²) >= 11 is 6.04. The minimum absolute atomic E-state index is 0.640. The molecule has 2 unspecified atom stereocenters. The fraction of sp³-hybridized carbons (Fsp3) is 0.625. The predicted molar refractivity (Wildman–Crippen MR) is 82.6 cm³/mol. The van der Waals surface area contributed by atoms with E-state index >= 15 is 0 Å². The molecule has 0 radical (unpaired) electrons. The molecular weight excluding hydrogens is 256 g/mol. The summed E-state index contributed by atoms with van der Waals surface area (Å²) in [5.41, 5.74) is 1.33. The second-order valence-corrected chi connectivity index (χ2v) is 6.15. The molecule has 1 aliphatic rings. The van der Waals surface area contributed by atoms with Crippen LogP contribution in [0.4, 0.5) is 0 Å². The largest absolute Gasteiger partial charge is 0.315 e. The van der Waals surface area contributed by atoms with E-state index in [-0.39, 0.29) is 0 Å². The van der Waals surface area contributed by atoms with Gasteiger partial charge in [0.15, 0.2) is 0 Å². The van der Waals surface area contributed by atoms with E-state index in [0.717, 1.165) is 24.0 Å². The normalized spacial score (nSPS) is 21.7. The van der Waals surface area contributed by atoms with Crippen molar-refractivity contribution in [2.45, 2.75) is 39.3 Å². The molecule has 1 aromatic carbocycles. The fourth-order valence-corrected chi connectivity index (χ4v) is 3.29. The van der Waals surface area contributed by atoms with Crippen molar-refractivity contribution in [1.82, 2.24) is 10.2 Å². The van der Waals surface area contributed by atoms with Crippen LogP contribution in [0.3, 0.4) is 0 Å². The van der Waals surface area contributed by atoms with Gasteiger partial charge in [-0.15, -0.1) is 0 Å². The highest BCUT2D eigenvalue weighted by atomic mass is 35.5. The maximum atomic E-state index is 6.04. The zero-order valence-corrected chi connectivity index (χ0v) is 12.8. The van der Waals surface area contributed by atoms with Crippen molar-refractivity contribution in [3.8, 4) is 0 Å². The minimum atomic E-state index is 0.640. The van der Waals surface area contributed by atoms with Gasteiger partial charge in [-0.05, 0) is 56.5 Å². The van der Waals surface area contributed by atoms with E-state index in [1.807, 2.05) is 12.1 Å². The highest BCUT2D eigenvalue weighted by Gasteiger charge is 2.23. The highest BCUT2D eigenvalue weighted by Crippen LogP contribution is 2.23. The van der Waals surface area contributed by atoms with Crippen LogP contribution in [-0.4, -0.2) is 30.6 Å². The number of nitrogens with one attached hydrogen (secondary N) is 1. The zero-order valence-electron chi connectivity index (χ0n) is 12.0. The number of rotatable bonds is 6. The molecule has 1 aromatic rings. The topological polar surface area (TPSA) is 15.3 Å². The van der Waals surface area contributed by atoms with Crippen molar-refractivity contribution in [2.75, 3.05) is 19.6 Å². The Morgan fingerprint density at radius 2 is 2.32 bits per heavy atom. The smallest absolute Gasteiger partial charge is 0.0409 e. The maximum absolute atomic E-state index is 6.04. The number of benzene rings is 1. The predicted octanol–water partition coefficient (Wildman–Crippen LogP) is 3.55. The van der Waals surface area contributed by atoms with Gasteiger partial charge >= 0.3 is 0 Å². The standard InChI is InChI=1S/C16H25ClN2/c1-3-18-13(2)9-15-7-8-19(12-15)11-14-5-4-6-16(17)10-14/h4-6,10,13,15,18H,3,7-9,11-12H2,1-2H3. The third kappa shape index (κ3) is 4.79. The molecule has 19 heavy (non-hydrogen) atoms. The first kappa shape index (κ1) is 14.8. The van der Waals surface area contributed by atoms with Gasteiger partial charge in [0.2, 0.25) is 0 Å². The average molecular weight is 281 g/mol. The van der Waals surface area contributed by atoms with Crippen LogP contribution in [0, 0.1) is 5.92 Å². The molecule has 1 aliphatic heterocycles. The van der Waals surface area contributed by atoms with E-state index in [2.05, 4.69) is 36.2 Å². The van der Waals surface area contributed by atoms with E-state index < -0.39 is 0 Å². The average Bonchev–Trinajstić information content (AvgIpc) is 2.76. The summed E-state index contributed by atoms with van der Waals surface area (Å²) in [6, 6.07) is 8.87. The Hall–Kier alpha value is -0.570. The van der Waals surface area contributed by atoms with Crippen molar-refractivity contribution in [3.63, 3.8) is 0 Å². The quantitative estimate of drug-likeness (QED) is 0.857. The van der Waals surface area contributed by atoms with Crippen LogP contribution in [0.15, 0.2) is 24.3 Å². The van der Waals surface area contributed by atoms with Crippen LogP contribution in [0.25, 0.3) is 0 Å². The van der Waals surface area contributed by atoms with Gasteiger partial charge in [0.1, 0.15) is 0 Å². The van der Waals surface area contributed by atoms with Gasteiger partial charge in [0.05, 0.1) is 0 Å². The Kier molecular flexibility index (Phi) is 5.68. The van der Waals surface area contributed by atoms with Gasteiger partial charge in [-0.1, -0.05) is 30.7 Å². The zero-order chi connectivity index (χ0) is 13.7. The summed E-state index contributed by atoms with van der Waals surface area (Å²) in [7, 11) is 0. The number of likely N-dealkylation sites (tertiary alicyclic amines) is 1. The molecule has 0 spiro atoms. The summed E-state index contributed by atoms with van der Waals surface area (Å²) in [6.07, 6.45) is 2.62. The Morgan fingerprint density at radius 3 is 3.05 bits per heavy atom. The van der Waals surface area contributed by atoms with Crippen molar-refractivity contribution in [2.24, 2.45) is 5.92 Å². The molecule has 0 amide bonds. The SMILES string of the molecule is CCNC(C)CC1CCN(Cc2cccc(Cl)c2)C1. The van der Waals surface area contributed by atoms with Gasteiger partial charge < -0.3 is 5.32 Å².